The summed E-state index contributed by atoms with van der Waals surface area (Å²) in [5.74, 6) is 5.17. The van der Waals surface area contributed by atoms with Crippen molar-refractivity contribution in [3.05, 3.63) is 16.2 Å². The van der Waals surface area contributed by atoms with Gasteiger partial charge in [0, 0.05) is 11.6 Å². The van der Waals surface area contributed by atoms with Gasteiger partial charge >= 0.3 is 5.69 Å². The summed E-state index contributed by atoms with van der Waals surface area (Å²) in [6.45, 7) is 5.53. The number of hydrogen-bond acceptors (Lipinski definition) is 7. The largest absolute Gasteiger partial charge is 0.310 e. The van der Waals surface area contributed by atoms with Crippen molar-refractivity contribution < 1.29 is 13.3 Å². The van der Waals surface area contributed by atoms with Gasteiger partial charge in [0.05, 0.1) is 4.92 Å². The smallest absolute Gasteiger partial charge is 0.306 e. The Bertz CT molecular complexity index is 592. The predicted octanol–water partition coefficient (Wildman–Crippen LogP) is 1.80. The zero-order chi connectivity index (χ0) is 15.6. The Morgan fingerprint density at radius 1 is 1.45 bits per heavy atom. The summed E-state index contributed by atoms with van der Waals surface area (Å²) < 4.78 is 27.0. The number of thiophene rings is 1. The van der Waals surface area contributed by atoms with E-state index in [1.807, 2.05) is 13.8 Å². The van der Waals surface area contributed by atoms with Gasteiger partial charge in [-0.15, -0.1) is 0 Å². The second-order valence-electron chi connectivity index (χ2n) is 4.55. The summed E-state index contributed by atoms with van der Waals surface area (Å²) in [5.41, 5.74) is 1.20. The van der Waals surface area contributed by atoms with Crippen LogP contribution in [0.1, 0.15) is 33.6 Å². The predicted molar refractivity (Wildman–Crippen MR) is 78.1 cm³/mol. The minimum absolute atomic E-state index is 0.00470. The lowest BCUT2D eigenvalue weighted by Crippen LogP contribution is -2.44. The third-order valence-electron chi connectivity index (χ3n) is 3.22. The highest BCUT2D eigenvalue weighted by molar-refractivity contribution is 7.91. The van der Waals surface area contributed by atoms with Gasteiger partial charge in [0.25, 0.3) is 10.0 Å². The van der Waals surface area contributed by atoms with Crippen LogP contribution in [0.4, 0.5) is 10.7 Å². The molecule has 0 saturated heterocycles. The van der Waals surface area contributed by atoms with E-state index in [9.17, 15) is 18.5 Å². The number of hydrazine groups is 1. The molecule has 4 N–H and O–H groups in total. The number of anilines is 1. The van der Waals surface area contributed by atoms with Gasteiger partial charge in [0.1, 0.15) is 4.21 Å². The van der Waals surface area contributed by atoms with Crippen LogP contribution in [0.2, 0.25) is 0 Å². The first-order chi connectivity index (χ1) is 9.19. The van der Waals surface area contributed by atoms with Crippen molar-refractivity contribution in [2.45, 2.75) is 43.4 Å². The minimum atomic E-state index is -3.82. The van der Waals surface area contributed by atoms with E-state index in [2.05, 4.69) is 10.1 Å². The molecule has 0 aliphatic carbocycles. The number of nitrogen functional groups attached to an aromatic ring is 1. The van der Waals surface area contributed by atoms with Crippen LogP contribution >= 0.6 is 11.3 Å². The van der Waals surface area contributed by atoms with Crippen LogP contribution in [0.25, 0.3) is 0 Å². The molecule has 1 aromatic rings. The highest BCUT2D eigenvalue weighted by atomic mass is 32.2. The molecular formula is C10H18N4O4S2. The first-order valence-electron chi connectivity index (χ1n) is 5.98. The van der Waals surface area contributed by atoms with Crippen molar-refractivity contribution >= 4 is 32.0 Å². The Morgan fingerprint density at radius 3 is 2.35 bits per heavy atom. The van der Waals surface area contributed by atoms with Crippen molar-refractivity contribution in [3.8, 4) is 0 Å². The van der Waals surface area contributed by atoms with E-state index in [-0.39, 0.29) is 14.9 Å². The molecular weight excluding hydrogens is 304 g/mol. The second kappa shape index (κ2) is 6.04. The number of nitrogens with zero attached hydrogens (tertiary/aromatic N) is 1. The van der Waals surface area contributed by atoms with Crippen LogP contribution in [0.5, 0.6) is 0 Å². The maximum absolute atomic E-state index is 12.3. The normalized spacial score (nSPS) is 12.4. The molecule has 0 spiro atoms. The number of rotatable bonds is 7. The molecule has 20 heavy (non-hydrogen) atoms. The maximum atomic E-state index is 12.3. The van der Waals surface area contributed by atoms with Crippen molar-refractivity contribution in [1.82, 2.24) is 4.72 Å². The zero-order valence-corrected chi connectivity index (χ0v) is 13.1. The minimum Gasteiger partial charge on any atom is -0.310 e. The van der Waals surface area contributed by atoms with Crippen molar-refractivity contribution in [3.63, 3.8) is 0 Å². The Labute approximate surface area is 121 Å². The molecule has 0 aromatic carbocycles. The third-order valence-corrected chi connectivity index (χ3v) is 6.39. The van der Waals surface area contributed by atoms with Gasteiger partial charge in [-0.1, -0.05) is 25.2 Å². The monoisotopic (exact) mass is 322 g/mol. The number of hydrogen-bond donors (Lipinski definition) is 3. The Morgan fingerprint density at radius 2 is 2.00 bits per heavy atom. The van der Waals surface area contributed by atoms with Crippen molar-refractivity contribution in [2.75, 3.05) is 5.43 Å². The van der Waals surface area contributed by atoms with E-state index in [1.54, 1.807) is 6.92 Å². The second-order valence-corrected chi connectivity index (χ2v) is 7.52. The zero-order valence-electron chi connectivity index (χ0n) is 11.5. The van der Waals surface area contributed by atoms with Gasteiger partial charge in [0.2, 0.25) is 0 Å². The summed E-state index contributed by atoms with van der Waals surface area (Å²) in [6, 6.07) is 1.01. The van der Waals surface area contributed by atoms with Gasteiger partial charge in [-0.2, -0.15) is 0 Å². The first kappa shape index (κ1) is 16.8. The molecule has 0 aliphatic heterocycles. The molecule has 0 atom stereocenters. The standard InChI is InChI=1S/C10H18N4O4S2/c1-4-10(3,5-2)13-20(17,18)8-6-7(14(15)16)9(12-11)19-8/h6,12-13H,4-5,11H2,1-3H3. The van der Waals surface area contributed by atoms with Crippen molar-refractivity contribution in [1.29, 1.82) is 0 Å². The molecule has 0 unspecified atom stereocenters. The summed E-state index contributed by atoms with van der Waals surface area (Å²) in [4.78, 5) is 10.1. The molecule has 0 bridgehead atoms. The van der Waals surface area contributed by atoms with E-state index in [0.29, 0.717) is 12.8 Å². The number of sulfonamides is 1. The van der Waals surface area contributed by atoms with Crippen molar-refractivity contribution in [2.24, 2.45) is 5.84 Å². The SMILES string of the molecule is CCC(C)(CC)NS(=O)(=O)c1cc([N+](=O)[O-])c(NN)s1. The molecule has 0 aliphatic rings. The molecule has 114 valence electrons. The first-order valence-corrected chi connectivity index (χ1v) is 8.28. The Hall–Kier alpha value is -1.23. The fourth-order valence-electron chi connectivity index (χ4n) is 1.50. The molecule has 1 heterocycles. The van der Waals surface area contributed by atoms with Gasteiger partial charge in [0.15, 0.2) is 5.00 Å². The summed E-state index contributed by atoms with van der Waals surface area (Å²) >= 11 is 0.728. The highest BCUT2D eigenvalue weighted by Crippen LogP contribution is 2.36. The van der Waals surface area contributed by atoms with Gasteiger partial charge in [-0.3, -0.25) is 10.1 Å². The molecule has 1 rings (SSSR count). The fraction of sp³-hybridized carbons (Fsp3) is 0.600. The van der Waals surface area contributed by atoms with Crippen LogP contribution in [0, 0.1) is 10.1 Å². The summed E-state index contributed by atoms with van der Waals surface area (Å²) in [7, 11) is -3.82. The number of nitrogens with one attached hydrogen (secondary N) is 2. The van der Waals surface area contributed by atoms with E-state index in [1.165, 1.54) is 0 Å². The average molecular weight is 322 g/mol. The fourth-order valence-corrected chi connectivity index (χ4v) is 4.29. The molecule has 0 fully saturated rings. The molecule has 0 amide bonds. The van der Waals surface area contributed by atoms with Gasteiger partial charge in [-0.25, -0.2) is 19.0 Å². The van der Waals surface area contributed by atoms with Crippen LogP contribution in [-0.4, -0.2) is 18.9 Å². The highest BCUT2D eigenvalue weighted by Gasteiger charge is 2.31. The average Bonchev–Trinajstić information content (AvgIpc) is 2.83. The molecule has 0 saturated carbocycles. The van der Waals surface area contributed by atoms with Crippen LogP contribution in [0.3, 0.4) is 0 Å². The van der Waals surface area contributed by atoms with E-state index < -0.39 is 20.5 Å². The lowest BCUT2D eigenvalue weighted by Gasteiger charge is -2.27. The van der Waals surface area contributed by atoms with Crippen LogP contribution in [-0.2, 0) is 10.0 Å². The molecule has 0 radical (unpaired) electrons. The number of nitro groups is 1. The third kappa shape index (κ3) is 3.45. The van der Waals surface area contributed by atoms with Crippen LogP contribution in [0.15, 0.2) is 10.3 Å². The molecule has 8 nitrogen and oxygen atoms in total. The topological polar surface area (TPSA) is 127 Å². The van der Waals surface area contributed by atoms with E-state index in [0.717, 1.165) is 17.4 Å². The van der Waals surface area contributed by atoms with E-state index in [4.69, 9.17) is 5.84 Å². The van der Waals surface area contributed by atoms with Gasteiger partial charge < -0.3 is 5.43 Å². The Balaban J connectivity index is 3.20. The van der Waals surface area contributed by atoms with E-state index >= 15 is 0 Å². The lowest BCUT2D eigenvalue weighted by molar-refractivity contribution is -0.383. The lowest BCUT2D eigenvalue weighted by atomic mass is 9.98. The van der Waals surface area contributed by atoms with Gasteiger partial charge in [-0.05, 0) is 19.8 Å². The van der Waals surface area contributed by atoms with Crippen LogP contribution < -0.4 is 16.0 Å². The molecule has 10 heteroatoms. The molecule has 1 aromatic heterocycles. The summed E-state index contributed by atoms with van der Waals surface area (Å²) in [6.07, 6.45) is 1.22. The number of nitrogens with two attached hydrogens (primary N) is 1. The Kier molecular flexibility index (Phi) is 5.08. The maximum Gasteiger partial charge on any atom is 0.306 e. The summed E-state index contributed by atoms with van der Waals surface area (Å²) in [5, 5.41) is 10.8. The quantitative estimate of drug-likeness (QED) is 0.399.